The molecule has 4 heterocycles. The molecule has 1 saturated heterocycles. The lowest BCUT2D eigenvalue weighted by Crippen LogP contribution is -2.58. The van der Waals surface area contributed by atoms with Crippen LogP contribution >= 0.6 is 0 Å². The van der Waals surface area contributed by atoms with E-state index in [-0.39, 0.29) is 37.0 Å². The van der Waals surface area contributed by atoms with Crippen LogP contribution in [0.25, 0.3) is 33.5 Å². The largest absolute Gasteiger partial charge is 0.497 e. The number of aromatic nitrogens is 2. The number of allylic oxidation sites excluding steroid dienone is 1. The third kappa shape index (κ3) is 8.55. The van der Waals surface area contributed by atoms with Crippen LogP contribution in [0.5, 0.6) is 11.6 Å². The molecule has 2 aromatic carbocycles. The van der Waals surface area contributed by atoms with E-state index in [1.54, 1.807) is 19.2 Å². The van der Waals surface area contributed by atoms with E-state index in [4.69, 9.17) is 28.6 Å². The average Bonchev–Trinajstić information content (AvgIpc) is 4.07. The highest BCUT2D eigenvalue weighted by molar-refractivity contribution is 7.91. The van der Waals surface area contributed by atoms with Crippen molar-refractivity contribution in [3.05, 3.63) is 60.2 Å². The van der Waals surface area contributed by atoms with Crippen LogP contribution in [0.1, 0.15) is 89.0 Å². The summed E-state index contributed by atoms with van der Waals surface area (Å²) in [4.78, 5) is 67.8. The first-order chi connectivity index (χ1) is 29.9. The monoisotopic (exact) mass is 868 g/mol. The molecule has 4 amide bonds. The van der Waals surface area contributed by atoms with Crippen molar-refractivity contribution in [1.82, 2.24) is 30.2 Å². The number of carbonyl (C=O) groups is 4. The van der Waals surface area contributed by atoms with E-state index in [0.717, 1.165) is 49.5 Å². The third-order valence-corrected chi connectivity index (χ3v) is 14.6. The number of fused-ring (bicyclic) bond motifs is 5. The number of furan rings is 1. The summed E-state index contributed by atoms with van der Waals surface area (Å²) >= 11 is 0. The molecule has 0 spiro atoms. The number of hydrogen-bond donors (Lipinski definition) is 3. The number of amides is 4. The molecule has 4 fully saturated rings. The summed E-state index contributed by atoms with van der Waals surface area (Å²) in [7, 11) is -2.34. The Bertz CT molecular complexity index is 2530. The second-order valence-corrected chi connectivity index (χ2v) is 19.3. The van der Waals surface area contributed by atoms with E-state index in [9.17, 15) is 27.6 Å². The van der Waals surface area contributed by atoms with Gasteiger partial charge < -0.3 is 34.2 Å². The zero-order valence-corrected chi connectivity index (χ0v) is 35.7. The number of sulfonamides is 1. The molecule has 16 nitrogen and oxygen atoms in total. The van der Waals surface area contributed by atoms with Gasteiger partial charge in [-0.3, -0.25) is 19.1 Å². The molecule has 9 rings (SSSR count). The topological polar surface area (TPSA) is 208 Å². The first-order valence-electron chi connectivity index (χ1n) is 21.7. The number of methoxy groups -OCH3 is 1. The number of alkyl carbamates (subject to hydrolysis) is 1. The molecule has 0 bridgehead atoms. The van der Waals surface area contributed by atoms with E-state index in [0.29, 0.717) is 60.3 Å². The molecule has 328 valence electrons. The average molecular weight is 869 g/mol. The van der Waals surface area contributed by atoms with Crippen molar-refractivity contribution in [2.75, 3.05) is 13.7 Å². The molecule has 17 heteroatoms. The number of nitrogens with zero attached hydrogens (tertiary/aromatic N) is 3. The molecule has 62 heavy (non-hydrogen) atoms. The minimum absolute atomic E-state index is 0.0158. The Morgan fingerprint density at radius 1 is 0.952 bits per heavy atom. The van der Waals surface area contributed by atoms with Crippen LogP contribution in [0.2, 0.25) is 0 Å². The van der Waals surface area contributed by atoms with Gasteiger partial charge in [0.2, 0.25) is 27.4 Å². The molecule has 5 aliphatic rings. The molecular formula is C45H52N6O10S. The van der Waals surface area contributed by atoms with Gasteiger partial charge in [0.1, 0.15) is 46.7 Å². The predicted molar refractivity (Wildman–Crippen MR) is 228 cm³/mol. The Hall–Kier alpha value is -5.71. The maximum atomic E-state index is 14.8. The van der Waals surface area contributed by atoms with Crippen molar-refractivity contribution in [1.29, 1.82) is 0 Å². The summed E-state index contributed by atoms with van der Waals surface area (Å²) in [6.45, 7) is 1.90. The lowest BCUT2D eigenvalue weighted by Gasteiger charge is -2.30. The van der Waals surface area contributed by atoms with E-state index in [1.165, 1.54) is 4.90 Å². The normalized spacial score (nSPS) is 26.5. The van der Waals surface area contributed by atoms with Crippen LogP contribution in [0.15, 0.2) is 59.0 Å². The summed E-state index contributed by atoms with van der Waals surface area (Å²) < 4.78 is 52.3. The highest BCUT2D eigenvalue weighted by Gasteiger charge is 2.62. The number of aryl methyl sites for hydroxylation is 1. The SMILES string of the molecule is COc1ccc(-c2nc(O[C@H]3C[C@H]4C(=O)N[C@]5(C(=O)NS(=O)(=O)C6CC6)C[C@H]5/C=C\CCCCC[C@@H](NC(=O)OC5CCCC5)C(=O)N4C3)c3oc4ccc(C)cc4c3n2)cc1. The standard InChI is InChI=1S/C45H52N6O10S/c1-26-14-21-36-33(22-26)37-38(61-36)41(48-39(47-37)27-15-17-29(58-2)18-16-27)59-31-23-35-40(52)49-45(43(54)50-62(56,57)32-19-20-32)24-28(45)10-6-4-3-5-7-13-34(42(53)51(35)25-31)46-44(55)60-30-11-8-9-12-30/h6,10,14-18,21-22,28,30-32,34-35H,3-5,7-9,11-13,19-20,23-25H2,1-2H3,(H,46,55)(H,49,52)(H,50,54)/b10-6-/t28-,31+,34-,35+,45-/m1/s1. The summed E-state index contributed by atoms with van der Waals surface area (Å²) in [5.41, 5.74) is 1.53. The van der Waals surface area contributed by atoms with E-state index >= 15 is 0 Å². The Balaban J connectivity index is 1.06. The summed E-state index contributed by atoms with van der Waals surface area (Å²) in [6, 6.07) is 10.8. The summed E-state index contributed by atoms with van der Waals surface area (Å²) in [5, 5.41) is 5.85. The van der Waals surface area contributed by atoms with Crippen molar-refractivity contribution in [3.63, 3.8) is 0 Å². The second kappa shape index (κ2) is 16.9. The molecule has 5 atom stereocenters. The first kappa shape index (κ1) is 41.6. The smallest absolute Gasteiger partial charge is 0.408 e. The highest BCUT2D eigenvalue weighted by atomic mass is 32.2. The molecular weight excluding hydrogens is 817 g/mol. The van der Waals surface area contributed by atoms with E-state index in [1.807, 2.05) is 49.4 Å². The van der Waals surface area contributed by atoms with Gasteiger partial charge in [-0.15, -0.1) is 0 Å². The maximum absolute atomic E-state index is 14.8. The first-order valence-corrected chi connectivity index (χ1v) is 23.3. The molecule has 3 saturated carbocycles. The Kier molecular flexibility index (Phi) is 11.3. The van der Waals surface area contributed by atoms with E-state index in [2.05, 4.69) is 15.4 Å². The third-order valence-electron chi connectivity index (χ3n) is 12.8. The molecule has 4 aromatic rings. The Morgan fingerprint density at radius 3 is 2.48 bits per heavy atom. The van der Waals surface area contributed by atoms with Crippen LogP contribution in [0.3, 0.4) is 0 Å². The summed E-state index contributed by atoms with van der Waals surface area (Å²) in [6.07, 6.45) is 9.78. The molecule has 3 aliphatic carbocycles. The fourth-order valence-electron chi connectivity index (χ4n) is 9.02. The Labute approximate surface area is 359 Å². The van der Waals surface area contributed by atoms with Gasteiger partial charge in [0.25, 0.3) is 11.8 Å². The molecule has 2 aromatic heterocycles. The second-order valence-electron chi connectivity index (χ2n) is 17.4. The maximum Gasteiger partial charge on any atom is 0.408 e. The van der Waals surface area contributed by atoms with Crippen LogP contribution in [0, 0.1) is 12.8 Å². The fourth-order valence-corrected chi connectivity index (χ4v) is 10.4. The van der Waals surface area contributed by atoms with Gasteiger partial charge >= 0.3 is 6.09 Å². The van der Waals surface area contributed by atoms with Crippen LogP contribution < -0.4 is 24.8 Å². The van der Waals surface area contributed by atoms with Gasteiger partial charge in [0, 0.05) is 23.3 Å². The van der Waals surface area contributed by atoms with Gasteiger partial charge in [0.05, 0.1) is 18.9 Å². The highest BCUT2D eigenvalue weighted by Crippen LogP contribution is 2.46. The lowest BCUT2D eigenvalue weighted by atomic mass is 10.0. The number of rotatable bonds is 9. The number of ether oxygens (including phenoxy) is 3. The van der Waals surface area contributed by atoms with Crippen molar-refractivity contribution < 1.29 is 46.2 Å². The van der Waals surface area contributed by atoms with Crippen LogP contribution in [0.4, 0.5) is 4.79 Å². The minimum atomic E-state index is -3.92. The van der Waals surface area contributed by atoms with Crippen LogP contribution in [-0.4, -0.2) is 95.8 Å². The van der Waals surface area contributed by atoms with Crippen molar-refractivity contribution in [3.8, 4) is 23.0 Å². The van der Waals surface area contributed by atoms with Gasteiger partial charge in [-0.25, -0.2) is 18.2 Å². The van der Waals surface area contributed by atoms with Crippen molar-refractivity contribution >= 4 is 55.9 Å². The lowest BCUT2D eigenvalue weighted by molar-refractivity contribution is -0.141. The molecule has 0 radical (unpaired) electrons. The van der Waals surface area contributed by atoms with Gasteiger partial charge in [0.15, 0.2) is 5.82 Å². The number of benzene rings is 2. The van der Waals surface area contributed by atoms with Crippen LogP contribution in [-0.2, 0) is 29.1 Å². The number of carbonyl (C=O) groups excluding carboxylic acids is 4. The molecule has 3 N–H and O–H groups in total. The number of nitrogens with one attached hydrogen (secondary N) is 3. The zero-order chi connectivity index (χ0) is 43.2. The fraction of sp³-hybridized carbons (Fsp3) is 0.511. The van der Waals surface area contributed by atoms with Gasteiger partial charge in [-0.1, -0.05) is 36.6 Å². The van der Waals surface area contributed by atoms with Gasteiger partial charge in [-0.2, -0.15) is 4.98 Å². The molecule has 2 aliphatic heterocycles. The van der Waals surface area contributed by atoms with E-state index < -0.39 is 68.7 Å². The minimum Gasteiger partial charge on any atom is -0.497 e. The number of hydrogen-bond acceptors (Lipinski definition) is 12. The van der Waals surface area contributed by atoms with Gasteiger partial charge in [-0.05, 0) is 108 Å². The van der Waals surface area contributed by atoms with Crippen molar-refractivity contribution in [2.24, 2.45) is 5.92 Å². The molecule has 0 unspecified atom stereocenters. The van der Waals surface area contributed by atoms with Crippen molar-refractivity contribution in [2.45, 2.75) is 125 Å². The zero-order valence-electron chi connectivity index (χ0n) is 34.9. The summed E-state index contributed by atoms with van der Waals surface area (Å²) in [5.74, 6) is -1.28. The Morgan fingerprint density at radius 2 is 1.73 bits per heavy atom. The predicted octanol–water partition coefficient (Wildman–Crippen LogP) is 5.75. The quantitative estimate of drug-likeness (QED) is 0.172.